The van der Waals surface area contributed by atoms with Crippen LogP contribution in [0.4, 0.5) is 5.69 Å². The largest absolute Gasteiger partial charge is 0.491 e. The molecule has 1 aliphatic rings. The van der Waals surface area contributed by atoms with Gasteiger partial charge in [-0.25, -0.2) is 8.42 Å². The van der Waals surface area contributed by atoms with E-state index >= 15 is 0 Å². The maximum absolute atomic E-state index is 12.6. The van der Waals surface area contributed by atoms with Crippen LogP contribution < -0.4 is 10.1 Å². The number of hydrogen-bond donors (Lipinski definition) is 1. The Morgan fingerprint density at radius 3 is 2.21 bits per heavy atom. The number of morpholine rings is 1. The Kier molecular flexibility index (Phi) is 6.33. The van der Waals surface area contributed by atoms with Crippen molar-refractivity contribution in [2.75, 3.05) is 31.6 Å². The summed E-state index contributed by atoms with van der Waals surface area (Å²) in [6.45, 7) is 5.33. The first-order chi connectivity index (χ1) is 13.4. The van der Waals surface area contributed by atoms with Crippen molar-refractivity contribution in [2.24, 2.45) is 0 Å². The van der Waals surface area contributed by atoms with Crippen molar-refractivity contribution >= 4 is 21.6 Å². The SMILES string of the molecule is CC(C)Oc1ccc(NC(=O)c2ccc(S(=O)(=O)N3CCOCC3)cc2)cc1. The molecule has 3 rings (SSSR count). The fraction of sp³-hybridized carbons (Fsp3) is 0.350. The number of sulfonamides is 1. The standard InChI is InChI=1S/C20H24N2O5S/c1-15(2)27-18-7-5-17(6-8-18)21-20(23)16-3-9-19(10-4-16)28(24,25)22-11-13-26-14-12-22/h3-10,15H,11-14H2,1-2H3,(H,21,23). The fourth-order valence-corrected chi connectivity index (χ4v) is 4.21. The summed E-state index contributed by atoms with van der Waals surface area (Å²) in [4.78, 5) is 12.6. The van der Waals surface area contributed by atoms with Gasteiger partial charge in [0.05, 0.1) is 24.2 Å². The molecule has 0 saturated carbocycles. The molecule has 0 aromatic heterocycles. The summed E-state index contributed by atoms with van der Waals surface area (Å²) in [6, 6.07) is 13.0. The van der Waals surface area contributed by atoms with Gasteiger partial charge in [0.25, 0.3) is 5.91 Å². The maximum Gasteiger partial charge on any atom is 0.255 e. The van der Waals surface area contributed by atoms with Gasteiger partial charge in [-0.15, -0.1) is 0 Å². The Morgan fingerprint density at radius 2 is 1.64 bits per heavy atom. The topological polar surface area (TPSA) is 84.9 Å². The number of nitrogens with zero attached hydrogens (tertiary/aromatic N) is 1. The molecule has 1 fully saturated rings. The number of carbonyl (C=O) groups is 1. The molecule has 1 aliphatic heterocycles. The van der Waals surface area contributed by atoms with Gasteiger partial charge in [0.2, 0.25) is 10.0 Å². The van der Waals surface area contributed by atoms with E-state index in [-0.39, 0.29) is 16.9 Å². The second-order valence-electron chi connectivity index (χ2n) is 6.69. The Morgan fingerprint density at radius 1 is 1.04 bits per heavy atom. The zero-order valence-corrected chi connectivity index (χ0v) is 16.7. The molecule has 0 bridgehead atoms. The maximum atomic E-state index is 12.6. The summed E-state index contributed by atoms with van der Waals surface area (Å²) < 4.78 is 37.4. The summed E-state index contributed by atoms with van der Waals surface area (Å²) in [5, 5.41) is 2.79. The van der Waals surface area contributed by atoms with Crippen molar-refractivity contribution < 1.29 is 22.7 Å². The molecule has 1 amide bonds. The van der Waals surface area contributed by atoms with Gasteiger partial charge in [-0.3, -0.25) is 4.79 Å². The second-order valence-corrected chi connectivity index (χ2v) is 8.62. The van der Waals surface area contributed by atoms with Crippen molar-refractivity contribution in [2.45, 2.75) is 24.8 Å². The van der Waals surface area contributed by atoms with Crippen LogP contribution in [0.3, 0.4) is 0 Å². The van der Waals surface area contributed by atoms with E-state index in [1.807, 2.05) is 13.8 Å². The molecule has 8 heteroatoms. The molecule has 1 N–H and O–H groups in total. The number of carbonyl (C=O) groups excluding carboxylic acids is 1. The lowest BCUT2D eigenvalue weighted by atomic mass is 10.2. The van der Waals surface area contributed by atoms with Crippen LogP contribution in [0, 0.1) is 0 Å². The number of hydrogen-bond acceptors (Lipinski definition) is 5. The van der Waals surface area contributed by atoms with Gasteiger partial charge in [0.15, 0.2) is 0 Å². The number of rotatable bonds is 6. The molecular formula is C20H24N2O5S. The Labute approximate surface area is 165 Å². The monoisotopic (exact) mass is 404 g/mol. The number of anilines is 1. The minimum absolute atomic E-state index is 0.0766. The van der Waals surface area contributed by atoms with Crippen LogP contribution in [0.1, 0.15) is 24.2 Å². The fourth-order valence-electron chi connectivity index (χ4n) is 2.81. The zero-order chi connectivity index (χ0) is 20.1. The molecular weight excluding hydrogens is 380 g/mol. The Bertz CT molecular complexity index is 903. The lowest BCUT2D eigenvalue weighted by molar-refractivity contribution is 0.0730. The number of amides is 1. The first kappa shape index (κ1) is 20.3. The van der Waals surface area contributed by atoms with Gasteiger partial charge in [0.1, 0.15) is 5.75 Å². The van der Waals surface area contributed by atoms with E-state index in [9.17, 15) is 13.2 Å². The van der Waals surface area contributed by atoms with E-state index in [0.29, 0.717) is 37.6 Å². The van der Waals surface area contributed by atoms with E-state index in [1.165, 1.54) is 28.6 Å². The highest BCUT2D eigenvalue weighted by atomic mass is 32.2. The molecule has 0 unspecified atom stereocenters. The molecule has 28 heavy (non-hydrogen) atoms. The van der Waals surface area contributed by atoms with Gasteiger partial charge in [-0.2, -0.15) is 4.31 Å². The second kappa shape index (κ2) is 8.72. The third kappa shape index (κ3) is 4.89. The predicted octanol–water partition coefficient (Wildman–Crippen LogP) is 2.75. The van der Waals surface area contributed by atoms with Crippen molar-refractivity contribution in [3.63, 3.8) is 0 Å². The highest BCUT2D eigenvalue weighted by molar-refractivity contribution is 7.89. The van der Waals surface area contributed by atoms with Gasteiger partial charge >= 0.3 is 0 Å². The summed E-state index contributed by atoms with van der Waals surface area (Å²) in [7, 11) is -3.57. The Balaban J connectivity index is 1.66. The van der Waals surface area contributed by atoms with Gasteiger partial charge in [-0.05, 0) is 62.4 Å². The molecule has 0 atom stereocenters. The molecule has 1 heterocycles. The van der Waals surface area contributed by atoms with Crippen LogP contribution in [0.5, 0.6) is 5.75 Å². The van der Waals surface area contributed by atoms with Crippen LogP contribution in [0.25, 0.3) is 0 Å². The van der Waals surface area contributed by atoms with Crippen LogP contribution in [-0.2, 0) is 14.8 Å². The van der Waals surface area contributed by atoms with Gasteiger partial charge in [0, 0.05) is 24.3 Å². The first-order valence-electron chi connectivity index (χ1n) is 9.12. The minimum atomic E-state index is -3.57. The number of benzene rings is 2. The smallest absolute Gasteiger partial charge is 0.255 e. The average molecular weight is 404 g/mol. The quantitative estimate of drug-likeness (QED) is 0.800. The average Bonchev–Trinajstić information content (AvgIpc) is 2.70. The van der Waals surface area contributed by atoms with Crippen molar-refractivity contribution in [1.82, 2.24) is 4.31 Å². The van der Waals surface area contributed by atoms with E-state index in [0.717, 1.165) is 5.75 Å². The van der Waals surface area contributed by atoms with Crippen molar-refractivity contribution in [3.8, 4) is 5.75 Å². The molecule has 2 aromatic rings. The summed E-state index contributed by atoms with van der Waals surface area (Å²) >= 11 is 0. The molecule has 0 spiro atoms. The Hall–Kier alpha value is -2.42. The van der Waals surface area contributed by atoms with E-state index < -0.39 is 10.0 Å². The number of ether oxygens (including phenoxy) is 2. The number of nitrogens with one attached hydrogen (secondary N) is 1. The highest BCUT2D eigenvalue weighted by Crippen LogP contribution is 2.20. The van der Waals surface area contributed by atoms with E-state index in [1.54, 1.807) is 24.3 Å². The lowest BCUT2D eigenvalue weighted by Gasteiger charge is -2.26. The van der Waals surface area contributed by atoms with E-state index in [4.69, 9.17) is 9.47 Å². The van der Waals surface area contributed by atoms with Crippen molar-refractivity contribution in [3.05, 3.63) is 54.1 Å². The molecule has 150 valence electrons. The van der Waals surface area contributed by atoms with Crippen LogP contribution in [-0.4, -0.2) is 51.0 Å². The normalized spacial score (nSPS) is 15.4. The third-order valence-electron chi connectivity index (χ3n) is 4.21. The molecule has 2 aromatic carbocycles. The minimum Gasteiger partial charge on any atom is -0.491 e. The highest BCUT2D eigenvalue weighted by Gasteiger charge is 2.26. The summed E-state index contributed by atoms with van der Waals surface area (Å²) in [5.41, 5.74) is 1.01. The first-order valence-corrected chi connectivity index (χ1v) is 10.6. The predicted molar refractivity (Wildman–Crippen MR) is 106 cm³/mol. The van der Waals surface area contributed by atoms with Crippen LogP contribution >= 0.6 is 0 Å². The van der Waals surface area contributed by atoms with Crippen LogP contribution in [0.2, 0.25) is 0 Å². The molecule has 0 aliphatic carbocycles. The molecule has 7 nitrogen and oxygen atoms in total. The van der Waals surface area contributed by atoms with Gasteiger partial charge < -0.3 is 14.8 Å². The zero-order valence-electron chi connectivity index (χ0n) is 15.9. The van der Waals surface area contributed by atoms with Crippen LogP contribution in [0.15, 0.2) is 53.4 Å². The van der Waals surface area contributed by atoms with Gasteiger partial charge in [-0.1, -0.05) is 0 Å². The lowest BCUT2D eigenvalue weighted by Crippen LogP contribution is -2.40. The van der Waals surface area contributed by atoms with E-state index in [2.05, 4.69) is 5.32 Å². The third-order valence-corrected chi connectivity index (χ3v) is 6.12. The summed E-state index contributed by atoms with van der Waals surface area (Å²) in [6.07, 6.45) is 0.0766. The van der Waals surface area contributed by atoms with Crippen molar-refractivity contribution in [1.29, 1.82) is 0 Å². The summed E-state index contributed by atoms with van der Waals surface area (Å²) in [5.74, 6) is 0.415. The molecule has 0 radical (unpaired) electrons. The molecule has 1 saturated heterocycles.